The largest absolute Gasteiger partial charge is 0.245 e. The van der Waals surface area contributed by atoms with Gasteiger partial charge in [0.25, 0.3) is 0 Å². The lowest BCUT2D eigenvalue weighted by atomic mass is 9.82. The van der Waals surface area contributed by atoms with Gasteiger partial charge in [0.2, 0.25) is 0 Å². The van der Waals surface area contributed by atoms with E-state index in [0.29, 0.717) is 0 Å². The van der Waals surface area contributed by atoms with E-state index in [9.17, 15) is 0 Å². The third-order valence-corrected chi connectivity index (χ3v) is 9.06. The first-order valence-corrected chi connectivity index (χ1v) is 14.9. The summed E-state index contributed by atoms with van der Waals surface area (Å²) < 4.78 is 0. The molecule has 0 bridgehead atoms. The van der Waals surface area contributed by atoms with Crippen molar-refractivity contribution in [3.05, 3.63) is 139 Å². The first kappa shape index (κ1) is 24.9. The number of para-hydroxylation sites is 1. The fourth-order valence-corrected chi connectivity index (χ4v) is 6.70. The first-order valence-electron chi connectivity index (χ1n) is 14.9. The summed E-state index contributed by atoms with van der Waals surface area (Å²) in [4.78, 5) is 12.1. The number of rotatable bonds is 3. The molecule has 0 unspecified atom stereocenters. The Balaban J connectivity index is 1.14. The van der Waals surface area contributed by atoms with Gasteiger partial charge in [-0.2, -0.15) is 4.80 Å². The van der Waals surface area contributed by atoms with Gasteiger partial charge < -0.3 is 0 Å². The van der Waals surface area contributed by atoms with Crippen LogP contribution >= 0.6 is 0 Å². The van der Waals surface area contributed by atoms with Gasteiger partial charge in [-0.3, -0.25) is 0 Å². The predicted molar refractivity (Wildman–Crippen MR) is 178 cm³/mol. The fourth-order valence-electron chi connectivity index (χ4n) is 6.70. The second kappa shape index (κ2) is 9.16. The van der Waals surface area contributed by atoms with E-state index in [1.165, 1.54) is 22.3 Å². The van der Waals surface area contributed by atoms with Crippen LogP contribution in [0.1, 0.15) is 25.0 Å². The Hall–Kier alpha value is -5.68. The molecular weight excluding hydrogens is 538 g/mol. The molecule has 1 aliphatic carbocycles. The fraction of sp³-hybridized carbons (Fsp3) is 0.0769. The third kappa shape index (κ3) is 3.72. The molecule has 1 aliphatic rings. The normalized spacial score (nSPS) is 13.4. The van der Waals surface area contributed by atoms with Crippen molar-refractivity contribution in [2.24, 2.45) is 0 Å². The number of fused-ring (bicyclic) bond motifs is 7. The molecule has 0 atom stereocenters. The smallest absolute Gasteiger partial charge is 0.114 e. The maximum absolute atomic E-state index is 5.23. The second-order valence-electron chi connectivity index (χ2n) is 12.1. The van der Waals surface area contributed by atoms with Crippen LogP contribution in [0.5, 0.6) is 0 Å². The summed E-state index contributed by atoms with van der Waals surface area (Å²) >= 11 is 0. The van der Waals surface area contributed by atoms with Crippen LogP contribution in [0.2, 0.25) is 0 Å². The lowest BCUT2D eigenvalue weighted by Crippen LogP contribution is -2.14. The molecule has 5 heteroatoms. The van der Waals surface area contributed by atoms with E-state index in [2.05, 4.69) is 110 Å². The molecule has 208 valence electrons. The zero-order chi connectivity index (χ0) is 29.4. The Kier molecular flexibility index (Phi) is 5.18. The van der Waals surface area contributed by atoms with E-state index < -0.39 is 0 Å². The number of nitrogens with zero attached hydrogens (tertiary/aromatic N) is 5. The summed E-state index contributed by atoms with van der Waals surface area (Å²) in [7, 11) is 0. The van der Waals surface area contributed by atoms with Crippen molar-refractivity contribution in [2.45, 2.75) is 19.3 Å². The van der Waals surface area contributed by atoms with Gasteiger partial charge in [0, 0.05) is 27.3 Å². The van der Waals surface area contributed by atoms with Crippen LogP contribution in [-0.2, 0) is 5.41 Å². The Labute approximate surface area is 254 Å². The molecule has 44 heavy (non-hydrogen) atoms. The van der Waals surface area contributed by atoms with Crippen LogP contribution in [0.3, 0.4) is 0 Å². The molecule has 5 nitrogen and oxygen atoms in total. The number of aromatic nitrogens is 5. The minimum Gasteiger partial charge on any atom is -0.245 e. The van der Waals surface area contributed by atoms with Crippen LogP contribution in [0, 0.1) is 0 Å². The van der Waals surface area contributed by atoms with Gasteiger partial charge in [0.15, 0.2) is 0 Å². The molecular formula is C39H27N5. The summed E-state index contributed by atoms with van der Waals surface area (Å²) in [5.74, 6) is 0. The van der Waals surface area contributed by atoms with Crippen LogP contribution in [-0.4, -0.2) is 25.0 Å². The molecule has 0 aliphatic heterocycles. The highest BCUT2D eigenvalue weighted by atomic mass is 15.5. The van der Waals surface area contributed by atoms with Gasteiger partial charge in [0.05, 0.1) is 28.1 Å². The van der Waals surface area contributed by atoms with Gasteiger partial charge >= 0.3 is 0 Å². The van der Waals surface area contributed by atoms with Crippen molar-refractivity contribution in [2.75, 3.05) is 0 Å². The standard InChI is InChI=1S/C39H27N5/c1-39(2)31-11-7-6-10-29(31)30-18-14-26(22-32(30)39)33-19-15-24-12-13-25-16-20-34(41-38(25)37(24)40-33)27-17-21-35-36(23-27)43-44(42-35)28-8-4-3-5-9-28/h3-23H,1-2H3. The van der Waals surface area contributed by atoms with E-state index >= 15 is 0 Å². The number of benzene rings is 5. The Bertz CT molecular complexity index is 2420. The summed E-state index contributed by atoms with van der Waals surface area (Å²) in [5, 5.41) is 11.5. The van der Waals surface area contributed by atoms with Crippen molar-refractivity contribution in [1.29, 1.82) is 0 Å². The van der Waals surface area contributed by atoms with Gasteiger partial charge in [-0.25, -0.2) is 9.97 Å². The first-order chi connectivity index (χ1) is 21.5. The molecule has 3 aromatic heterocycles. The van der Waals surface area contributed by atoms with Crippen molar-refractivity contribution < 1.29 is 0 Å². The predicted octanol–water partition coefficient (Wildman–Crippen LogP) is 9.16. The van der Waals surface area contributed by atoms with E-state index in [1.807, 2.05) is 36.4 Å². The van der Waals surface area contributed by atoms with Crippen molar-refractivity contribution >= 4 is 32.8 Å². The van der Waals surface area contributed by atoms with Crippen LogP contribution in [0.25, 0.3) is 72.2 Å². The van der Waals surface area contributed by atoms with E-state index in [0.717, 1.165) is 61.0 Å². The number of hydrogen-bond donors (Lipinski definition) is 0. The average molecular weight is 566 g/mol. The molecule has 0 radical (unpaired) electrons. The summed E-state index contributed by atoms with van der Waals surface area (Å²) in [6.07, 6.45) is 0. The quantitative estimate of drug-likeness (QED) is 0.200. The highest BCUT2D eigenvalue weighted by Gasteiger charge is 2.35. The highest BCUT2D eigenvalue weighted by Crippen LogP contribution is 2.49. The van der Waals surface area contributed by atoms with Crippen molar-refractivity contribution in [3.63, 3.8) is 0 Å². The summed E-state index contributed by atoms with van der Waals surface area (Å²) in [6.45, 7) is 4.63. The Morgan fingerprint density at radius 3 is 1.84 bits per heavy atom. The average Bonchev–Trinajstić information content (AvgIpc) is 3.60. The van der Waals surface area contributed by atoms with Crippen LogP contribution in [0.4, 0.5) is 0 Å². The second-order valence-corrected chi connectivity index (χ2v) is 12.1. The topological polar surface area (TPSA) is 56.5 Å². The molecule has 0 saturated heterocycles. The third-order valence-electron chi connectivity index (χ3n) is 9.06. The van der Waals surface area contributed by atoms with Gasteiger partial charge in [-0.15, -0.1) is 10.2 Å². The summed E-state index contributed by atoms with van der Waals surface area (Å²) in [6, 6.07) is 44.4. The highest BCUT2D eigenvalue weighted by molar-refractivity contribution is 6.04. The van der Waals surface area contributed by atoms with E-state index in [4.69, 9.17) is 15.1 Å². The van der Waals surface area contributed by atoms with Crippen molar-refractivity contribution in [1.82, 2.24) is 25.0 Å². The zero-order valence-electron chi connectivity index (χ0n) is 24.4. The van der Waals surface area contributed by atoms with E-state index in [-0.39, 0.29) is 5.41 Å². The molecule has 0 amide bonds. The van der Waals surface area contributed by atoms with Gasteiger partial charge in [-0.05, 0) is 64.7 Å². The van der Waals surface area contributed by atoms with Crippen LogP contribution < -0.4 is 0 Å². The maximum atomic E-state index is 5.23. The SMILES string of the molecule is CC1(C)c2ccccc2-c2ccc(-c3ccc4ccc5ccc(-c6ccc7nn(-c8ccccc8)nc7c6)nc5c4n3)cc21. The van der Waals surface area contributed by atoms with Crippen LogP contribution in [0.15, 0.2) is 127 Å². The molecule has 8 aromatic rings. The minimum atomic E-state index is -0.0600. The summed E-state index contributed by atoms with van der Waals surface area (Å²) in [5.41, 5.74) is 13.6. The minimum absolute atomic E-state index is 0.0600. The lowest BCUT2D eigenvalue weighted by Gasteiger charge is -2.21. The van der Waals surface area contributed by atoms with E-state index in [1.54, 1.807) is 4.80 Å². The lowest BCUT2D eigenvalue weighted by molar-refractivity contribution is 0.660. The monoisotopic (exact) mass is 565 g/mol. The number of pyridine rings is 2. The van der Waals surface area contributed by atoms with Gasteiger partial charge in [0.1, 0.15) is 11.0 Å². The zero-order valence-corrected chi connectivity index (χ0v) is 24.4. The number of hydrogen-bond acceptors (Lipinski definition) is 4. The Morgan fingerprint density at radius 1 is 0.500 bits per heavy atom. The van der Waals surface area contributed by atoms with Crippen molar-refractivity contribution in [3.8, 4) is 39.3 Å². The van der Waals surface area contributed by atoms with Gasteiger partial charge in [-0.1, -0.05) is 98.8 Å². The molecule has 9 rings (SSSR count). The molecule has 0 saturated carbocycles. The maximum Gasteiger partial charge on any atom is 0.114 e. The molecule has 5 aromatic carbocycles. The molecule has 0 spiro atoms. The molecule has 0 fully saturated rings. The molecule has 0 N–H and O–H groups in total. The Morgan fingerprint density at radius 2 is 1.09 bits per heavy atom. The molecule has 3 heterocycles.